The highest BCUT2D eigenvalue weighted by Gasteiger charge is 2.42. The second kappa shape index (κ2) is 8.65. The SMILES string of the molecule is Cc1cc2c3c(c1)-n1c4ccc5ccccc5c4c4c5ccccc5cc(c41)B3c1cc3cccc4c3c3c5c(cccc5n-2c13)-c1ccccc1-4. The lowest BCUT2D eigenvalue weighted by Crippen LogP contribution is -2.59. The molecule has 4 heterocycles. The molecule has 1 aliphatic carbocycles. The van der Waals surface area contributed by atoms with Gasteiger partial charge in [0.25, 0.3) is 6.71 Å². The van der Waals surface area contributed by atoms with E-state index in [1.807, 2.05) is 0 Å². The minimum Gasteiger partial charge on any atom is -0.310 e. The van der Waals surface area contributed by atoms with Crippen molar-refractivity contribution in [2.75, 3.05) is 0 Å². The molecule has 11 aromatic rings. The van der Waals surface area contributed by atoms with Gasteiger partial charge in [-0.15, -0.1) is 0 Å². The van der Waals surface area contributed by atoms with Crippen LogP contribution in [0, 0.1) is 6.92 Å². The first kappa shape index (κ1) is 26.3. The first-order chi connectivity index (χ1) is 25.7. The van der Waals surface area contributed by atoms with Gasteiger partial charge in [0, 0.05) is 32.9 Å². The van der Waals surface area contributed by atoms with Gasteiger partial charge in [0.05, 0.1) is 22.1 Å². The van der Waals surface area contributed by atoms with E-state index in [9.17, 15) is 0 Å². The number of hydrogen-bond acceptors (Lipinski definition) is 0. The van der Waals surface area contributed by atoms with Gasteiger partial charge in [-0.25, -0.2) is 0 Å². The molecule has 0 saturated heterocycles. The summed E-state index contributed by atoms with van der Waals surface area (Å²) in [6.07, 6.45) is 0. The number of aryl methyl sites for hydroxylation is 1. The molecular formula is C49H27BN2. The Balaban J connectivity index is 1.27. The lowest BCUT2D eigenvalue weighted by Gasteiger charge is -2.34. The Morgan fingerprint density at radius 1 is 0.404 bits per heavy atom. The maximum Gasteiger partial charge on any atom is 0.252 e. The molecule has 0 spiro atoms. The Bertz CT molecular complexity index is 3540. The van der Waals surface area contributed by atoms with Gasteiger partial charge < -0.3 is 9.13 Å². The Labute approximate surface area is 298 Å². The van der Waals surface area contributed by atoms with Crippen LogP contribution in [0.4, 0.5) is 0 Å². The molecule has 2 aromatic heterocycles. The predicted octanol–water partition coefficient (Wildman–Crippen LogP) is 10.4. The average molecular weight is 655 g/mol. The quantitative estimate of drug-likeness (QED) is 0.144. The first-order valence-electron chi connectivity index (χ1n) is 18.4. The molecule has 52 heavy (non-hydrogen) atoms. The fourth-order valence-electron chi connectivity index (χ4n) is 11.0. The fourth-order valence-corrected chi connectivity index (χ4v) is 11.0. The Kier molecular flexibility index (Phi) is 4.37. The van der Waals surface area contributed by atoms with Gasteiger partial charge in [-0.3, -0.25) is 0 Å². The van der Waals surface area contributed by atoms with Crippen LogP contribution in [-0.2, 0) is 0 Å². The summed E-state index contributed by atoms with van der Waals surface area (Å²) in [6.45, 7) is 2.36. The highest BCUT2D eigenvalue weighted by Crippen LogP contribution is 2.51. The van der Waals surface area contributed by atoms with Crippen LogP contribution in [0.5, 0.6) is 0 Å². The van der Waals surface area contributed by atoms with Gasteiger partial charge >= 0.3 is 0 Å². The molecule has 0 atom stereocenters. The highest BCUT2D eigenvalue weighted by atomic mass is 15.0. The molecular weight excluding hydrogens is 627 g/mol. The van der Waals surface area contributed by atoms with E-state index < -0.39 is 0 Å². The van der Waals surface area contributed by atoms with Crippen LogP contribution < -0.4 is 16.4 Å². The number of nitrogens with zero attached hydrogens (tertiary/aromatic N) is 2. The molecule has 236 valence electrons. The van der Waals surface area contributed by atoms with E-state index in [0.29, 0.717) is 0 Å². The lowest BCUT2D eigenvalue weighted by atomic mass is 9.34. The van der Waals surface area contributed by atoms with Crippen LogP contribution in [0.15, 0.2) is 146 Å². The van der Waals surface area contributed by atoms with Gasteiger partial charge in [0.1, 0.15) is 0 Å². The highest BCUT2D eigenvalue weighted by molar-refractivity contribution is 7.00. The van der Waals surface area contributed by atoms with Gasteiger partial charge in [-0.1, -0.05) is 121 Å². The van der Waals surface area contributed by atoms with E-state index in [2.05, 4.69) is 162 Å². The zero-order valence-electron chi connectivity index (χ0n) is 28.3. The predicted molar refractivity (Wildman–Crippen MR) is 221 cm³/mol. The summed E-state index contributed by atoms with van der Waals surface area (Å²) in [7, 11) is 0. The third-order valence-corrected chi connectivity index (χ3v) is 12.8. The monoisotopic (exact) mass is 654 g/mol. The van der Waals surface area contributed by atoms with E-state index in [1.54, 1.807) is 0 Å². The molecule has 3 aliphatic rings. The van der Waals surface area contributed by atoms with E-state index in [0.717, 1.165) is 0 Å². The maximum atomic E-state index is 2.64. The molecule has 9 aromatic carbocycles. The van der Waals surface area contributed by atoms with Crippen molar-refractivity contribution in [3.8, 4) is 33.6 Å². The molecule has 0 N–H and O–H groups in total. The van der Waals surface area contributed by atoms with Crippen molar-refractivity contribution in [2.24, 2.45) is 0 Å². The zero-order chi connectivity index (χ0) is 33.6. The number of rotatable bonds is 0. The summed E-state index contributed by atoms with van der Waals surface area (Å²) < 4.78 is 5.26. The van der Waals surface area contributed by atoms with Crippen molar-refractivity contribution in [3.63, 3.8) is 0 Å². The van der Waals surface area contributed by atoms with Crippen LogP contribution in [0.3, 0.4) is 0 Å². The summed E-state index contributed by atoms with van der Waals surface area (Å²) in [5, 5.41) is 13.4. The molecule has 14 rings (SSSR count). The third-order valence-electron chi connectivity index (χ3n) is 12.8. The molecule has 0 unspecified atom stereocenters. The molecule has 2 nitrogen and oxygen atoms in total. The molecule has 0 bridgehead atoms. The number of aromatic nitrogens is 2. The van der Waals surface area contributed by atoms with Crippen molar-refractivity contribution in [1.29, 1.82) is 0 Å². The van der Waals surface area contributed by atoms with Crippen LogP contribution in [0.25, 0.3) is 110 Å². The summed E-state index contributed by atoms with van der Waals surface area (Å²) >= 11 is 0. The minimum atomic E-state index is 0.0831. The standard InChI is InChI=1S/C49H27BN2/c1-26-22-40-47-41(23-26)52-39-21-20-27-10-2-4-13-30(27)43(39)45-31-14-5-3-11-28(31)24-36(48(45)52)50(47)37-25-29-12-8-17-34-32-15-6-7-16-33(32)35-18-9-19-38-44(35)46(42(29)34)49(37)51(38)40/h2-25H,1H3. The van der Waals surface area contributed by atoms with Crippen molar-refractivity contribution in [2.45, 2.75) is 6.92 Å². The van der Waals surface area contributed by atoms with E-state index in [-0.39, 0.29) is 6.71 Å². The number of hydrogen-bond donors (Lipinski definition) is 0. The van der Waals surface area contributed by atoms with Crippen molar-refractivity contribution in [1.82, 2.24) is 9.13 Å². The summed E-state index contributed by atoms with van der Waals surface area (Å²) in [5.41, 5.74) is 18.7. The van der Waals surface area contributed by atoms with Crippen LogP contribution in [0.2, 0.25) is 0 Å². The summed E-state index contributed by atoms with van der Waals surface area (Å²) in [6, 6.07) is 55.6. The van der Waals surface area contributed by atoms with Crippen molar-refractivity contribution < 1.29 is 0 Å². The molecule has 2 aliphatic heterocycles. The molecule has 0 radical (unpaired) electrons. The first-order valence-corrected chi connectivity index (χ1v) is 18.4. The fraction of sp³-hybridized carbons (Fsp3) is 0.0204. The Hall–Kier alpha value is -6.58. The van der Waals surface area contributed by atoms with Crippen LogP contribution >= 0.6 is 0 Å². The molecule has 0 fully saturated rings. The van der Waals surface area contributed by atoms with E-state index in [4.69, 9.17) is 0 Å². The molecule has 0 saturated carbocycles. The van der Waals surface area contributed by atoms with Gasteiger partial charge in [-0.2, -0.15) is 0 Å². The van der Waals surface area contributed by atoms with Gasteiger partial charge in [0.2, 0.25) is 0 Å². The van der Waals surface area contributed by atoms with Crippen molar-refractivity contribution >= 4 is 99.0 Å². The van der Waals surface area contributed by atoms with Crippen molar-refractivity contribution in [3.05, 3.63) is 151 Å². The topological polar surface area (TPSA) is 9.86 Å². The van der Waals surface area contributed by atoms with E-state index in [1.165, 1.54) is 132 Å². The van der Waals surface area contributed by atoms with Gasteiger partial charge in [-0.05, 0) is 108 Å². The van der Waals surface area contributed by atoms with Crippen LogP contribution in [0.1, 0.15) is 5.56 Å². The largest absolute Gasteiger partial charge is 0.310 e. The molecule has 3 heteroatoms. The second-order valence-corrected chi connectivity index (χ2v) is 15.3. The normalized spacial score (nSPS) is 13.4. The summed E-state index contributed by atoms with van der Waals surface area (Å²) in [4.78, 5) is 0. The third kappa shape index (κ3) is 2.79. The lowest BCUT2D eigenvalue weighted by molar-refractivity contribution is 1.13. The second-order valence-electron chi connectivity index (χ2n) is 15.3. The summed E-state index contributed by atoms with van der Waals surface area (Å²) in [5.74, 6) is 0. The maximum absolute atomic E-state index is 2.64. The number of benzene rings is 9. The smallest absolute Gasteiger partial charge is 0.252 e. The Morgan fingerprint density at radius 2 is 0.962 bits per heavy atom. The Morgan fingerprint density at radius 3 is 1.73 bits per heavy atom. The number of fused-ring (bicyclic) bond motifs is 15. The minimum absolute atomic E-state index is 0.0831. The van der Waals surface area contributed by atoms with E-state index >= 15 is 0 Å². The molecule has 0 amide bonds. The average Bonchev–Trinajstić information content (AvgIpc) is 3.69. The van der Waals surface area contributed by atoms with Crippen LogP contribution in [-0.4, -0.2) is 15.8 Å². The van der Waals surface area contributed by atoms with Gasteiger partial charge in [0.15, 0.2) is 0 Å². The zero-order valence-corrected chi connectivity index (χ0v) is 28.3.